The Hall–Kier alpha value is -2.30. The molecule has 1 aromatic carbocycles. The van der Waals surface area contributed by atoms with Gasteiger partial charge in [-0.1, -0.05) is 48.5 Å². The van der Waals surface area contributed by atoms with Crippen LogP contribution in [0.25, 0.3) is 10.9 Å². The van der Waals surface area contributed by atoms with Crippen molar-refractivity contribution in [2.45, 2.75) is 60.4 Å². The average molecular weight is 401 g/mol. The zero-order valence-corrected chi connectivity index (χ0v) is 19.2. The fourth-order valence-electron chi connectivity index (χ4n) is 3.57. The lowest BCUT2D eigenvalue weighted by Gasteiger charge is -2.28. The Bertz CT molecular complexity index is 910. The first-order chi connectivity index (χ1) is 13.4. The van der Waals surface area contributed by atoms with Gasteiger partial charge >= 0.3 is 0 Å². The lowest BCUT2D eigenvalue weighted by atomic mass is 9.87. The number of nitrogens with zero attached hydrogens (tertiary/aromatic N) is 2. The van der Waals surface area contributed by atoms with Gasteiger partial charge in [-0.05, 0) is 40.8 Å². The molecule has 5 heteroatoms. The molecular formula is C24H36N2O3. The van der Waals surface area contributed by atoms with Crippen molar-refractivity contribution in [3.63, 3.8) is 0 Å². The lowest BCUT2D eigenvalue weighted by Crippen LogP contribution is -2.41. The van der Waals surface area contributed by atoms with Crippen molar-refractivity contribution in [2.24, 2.45) is 11.8 Å². The molecule has 0 atom stereocenters. The van der Waals surface area contributed by atoms with Gasteiger partial charge in [0.15, 0.2) is 0 Å². The predicted molar refractivity (Wildman–Crippen MR) is 120 cm³/mol. The van der Waals surface area contributed by atoms with Crippen LogP contribution in [0.3, 0.4) is 0 Å². The van der Waals surface area contributed by atoms with Crippen LogP contribution in [0.4, 0.5) is 0 Å². The summed E-state index contributed by atoms with van der Waals surface area (Å²) in [6.45, 7) is 15.9. The van der Waals surface area contributed by atoms with E-state index in [9.17, 15) is 9.59 Å². The van der Waals surface area contributed by atoms with Gasteiger partial charge in [0, 0.05) is 24.7 Å². The van der Waals surface area contributed by atoms with Crippen molar-refractivity contribution in [1.82, 2.24) is 9.47 Å². The van der Waals surface area contributed by atoms with Crippen molar-refractivity contribution in [1.29, 1.82) is 0 Å². The first-order valence-electron chi connectivity index (χ1n) is 10.4. The second-order valence-electron chi connectivity index (χ2n) is 9.71. The van der Waals surface area contributed by atoms with E-state index in [4.69, 9.17) is 4.74 Å². The van der Waals surface area contributed by atoms with Crippen LogP contribution in [0, 0.1) is 11.8 Å². The molecule has 160 valence electrons. The van der Waals surface area contributed by atoms with E-state index in [1.807, 2.05) is 49.9 Å². The van der Waals surface area contributed by atoms with E-state index < -0.39 is 0 Å². The second kappa shape index (κ2) is 9.02. The molecule has 0 fully saturated rings. The van der Waals surface area contributed by atoms with Gasteiger partial charge in [0.05, 0.1) is 12.6 Å². The Kier molecular flexibility index (Phi) is 7.15. The molecule has 1 amide bonds. The summed E-state index contributed by atoms with van der Waals surface area (Å²) in [5.41, 5.74) is 1.01. The highest BCUT2D eigenvalue weighted by molar-refractivity contribution is 5.84. The molecular weight excluding hydrogens is 364 g/mol. The van der Waals surface area contributed by atoms with Gasteiger partial charge in [-0.2, -0.15) is 0 Å². The SMILES string of the molecule is COc1ccc2cc(C(C)(C)C)c(=O)n(CC(=O)N(CC(C)C)CC(C)C)c2c1. The summed E-state index contributed by atoms with van der Waals surface area (Å²) < 4.78 is 6.98. The third-order valence-electron chi connectivity index (χ3n) is 4.93. The third kappa shape index (κ3) is 5.62. The molecule has 2 aromatic rings. The molecule has 0 aliphatic rings. The quantitative estimate of drug-likeness (QED) is 0.690. The fraction of sp³-hybridized carbons (Fsp3) is 0.583. The summed E-state index contributed by atoms with van der Waals surface area (Å²) in [7, 11) is 1.60. The van der Waals surface area contributed by atoms with Crippen LogP contribution >= 0.6 is 0 Å². The molecule has 0 aliphatic heterocycles. The van der Waals surface area contributed by atoms with E-state index >= 15 is 0 Å². The van der Waals surface area contributed by atoms with E-state index in [0.29, 0.717) is 36.2 Å². The number of hydrogen-bond acceptors (Lipinski definition) is 3. The molecule has 1 aromatic heterocycles. The summed E-state index contributed by atoms with van der Waals surface area (Å²) in [6.07, 6.45) is 0. The topological polar surface area (TPSA) is 51.5 Å². The highest BCUT2D eigenvalue weighted by Gasteiger charge is 2.24. The third-order valence-corrected chi connectivity index (χ3v) is 4.93. The number of pyridine rings is 1. The molecule has 2 rings (SSSR count). The standard InChI is InChI=1S/C24H36N2O3/c1-16(2)13-25(14-17(3)4)22(27)15-26-21-12-19(29-8)10-9-18(21)11-20(23(26)28)24(5,6)7/h9-12,16-17H,13-15H2,1-8H3. The molecule has 0 spiro atoms. The number of hydrogen-bond donors (Lipinski definition) is 0. The number of carbonyl (C=O) groups excluding carboxylic acids is 1. The van der Waals surface area contributed by atoms with Gasteiger partial charge in [0.25, 0.3) is 5.56 Å². The van der Waals surface area contributed by atoms with Crippen LogP contribution in [0.15, 0.2) is 29.1 Å². The molecule has 0 saturated carbocycles. The monoisotopic (exact) mass is 400 g/mol. The van der Waals surface area contributed by atoms with Crippen molar-refractivity contribution < 1.29 is 9.53 Å². The summed E-state index contributed by atoms with van der Waals surface area (Å²) in [6, 6.07) is 7.61. The normalized spacial score (nSPS) is 12.1. The first-order valence-corrected chi connectivity index (χ1v) is 10.4. The Morgan fingerprint density at radius 3 is 2.14 bits per heavy atom. The number of aromatic nitrogens is 1. The number of fused-ring (bicyclic) bond motifs is 1. The van der Waals surface area contributed by atoms with Crippen LogP contribution in [-0.2, 0) is 16.8 Å². The zero-order chi connectivity index (χ0) is 21.9. The summed E-state index contributed by atoms with van der Waals surface area (Å²) in [5.74, 6) is 1.38. The maximum atomic E-state index is 13.4. The molecule has 0 N–H and O–H groups in total. The van der Waals surface area contributed by atoms with Crippen LogP contribution in [0.1, 0.15) is 54.0 Å². The Morgan fingerprint density at radius 1 is 1.07 bits per heavy atom. The zero-order valence-electron chi connectivity index (χ0n) is 19.2. The molecule has 0 aliphatic carbocycles. The molecule has 0 bridgehead atoms. The van der Waals surface area contributed by atoms with E-state index in [0.717, 1.165) is 10.9 Å². The average Bonchev–Trinajstić information content (AvgIpc) is 2.60. The van der Waals surface area contributed by atoms with Crippen LogP contribution < -0.4 is 10.3 Å². The highest BCUT2D eigenvalue weighted by atomic mass is 16.5. The lowest BCUT2D eigenvalue weighted by molar-refractivity contribution is -0.132. The first kappa shape index (κ1) is 23.0. The van der Waals surface area contributed by atoms with E-state index in [1.54, 1.807) is 11.7 Å². The number of carbonyl (C=O) groups is 1. The van der Waals surface area contributed by atoms with Gasteiger partial charge < -0.3 is 9.64 Å². The van der Waals surface area contributed by atoms with Gasteiger partial charge in [-0.15, -0.1) is 0 Å². The molecule has 29 heavy (non-hydrogen) atoms. The Balaban J connectivity index is 2.60. The summed E-state index contributed by atoms with van der Waals surface area (Å²) in [4.78, 5) is 28.5. The molecule has 0 radical (unpaired) electrons. The summed E-state index contributed by atoms with van der Waals surface area (Å²) in [5, 5.41) is 0.933. The predicted octanol–water partition coefficient (Wildman–Crippen LogP) is 4.45. The Labute approximate surface area is 174 Å². The Morgan fingerprint density at radius 2 is 1.66 bits per heavy atom. The number of amides is 1. The van der Waals surface area contributed by atoms with E-state index in [-0.39, 0.29) is 23.4 Å². The smallest absolute Gasteiger partial charge is 0.255 e. The van der Waals surface area contributed by atoms with Crippen LogP contribution in [0.2, 0.25) is 0 Å². The van der Waals surface area contributed by atoms with Crippen LogP contribution in [-0.4, -0.2) is 35.6 Å². The molecule has 0 saturated heterocycles. The molecule has 0 unspecified atom stereocenters. The van der Waals surface area contributed by atoms with Crippen molar-refractivity contribution in [3.8, 4) is 5.75 Å². The van der Waals surface area contributed by atoms with Gasteiger partial charge in [-0.25, -0.2) is 0 Å². The van der Waals surface area contributed by atoms with Gasteiger partial charge in [0.1, 0.15) is 12.3 Å². The van der Waals surface area contributed by atoms with Crippen molar-refractivity contribution >= 4 is 16.8 Å². The van der Waals surface area contributed by atoms with E-state index in [1.165, 1.54) is 0 Å². The number of methoxy groups -OCH3 is 1. The van der Waals surface area contributed by atoms with Crippen molar-refractivity contribution in [2.75, 3.05) is 20.2 Å². The second-order valence-corrected chi connectivity index (χ2v) is 9.71. The minimum Gasteiger partial charge on any atom is -0.497 e. The number of ether oxygens (including phenoxy) is 1. The molecule has 1 heterocycles. The number of rotatable bonds is 7. The number of benzene rings is 1. The maximum Gasteiger partial charge on any atom is 0.255 e. The van der Waals surface area contributed by atoms with Gasteiger partial charge in [-0.3, -0.25) is 14.2 Å². The maximum absolute atomic E-state index is 13.4. The van der Waals surface area contributed by atoms with E-state index in [2.05, 4.69) is 27.7 Å². The minimum absolute atomic E-state index is 0.0234. The molecule has 5 nitrogen and oxygen atoms in total. The largest absolute Gasteiger partial charge is 0.497 e. The van der Waals surface area contributed by atoms with Gasteiger partial charge in [0.2, 0.25) is 5.91 Å². The van der Waals surface area contributed by atoms with Crippen LogP contribution in [0.5, 0.6) is 5.75 Å². The highest BCUT2D eigenvalue weighted by Crippen LogP contribution is 2.26. The summed E-state index contributed by atoms with van der Waals surface area (Å²) >= 11 is 0. The fourth-order valence-corrected chi connectivity index (χ4v) is 3.57. The minimum atomic E-state index is -0.314. The van der Waals surface area contributed by atoms with Crippen molar-refractivity contribution in [3.05, 3.63) is 40.2 Å².